The first kappa shape index (κ1) is 9.19. The first-order chi connectivity index (χ1) is 6.15. The summed E-state index contributed by atoms with van der Waals surface area (Å²) in [6, 6.07) is 6.06. The molecule has 0 aromatic heterocycles. The Morgan fingerprint density at radius 3 is 3.00 bits per heavy atom. The van der Waals surface area contributed by atoms with E-state index in [0.717, 1.165) is 22.9 Å². The van der Waals surface area contributed by atoms with Gasteiger partial charge in [-0.05, 0) is 36.1 Å². The van der Waals surface area contributed by atoms with Crippen molar-refractivity contribution in [3.63, 3.8) is 0 Å². The van der Waals surface area contributed by atoms with Gasteiger partial charge in [0.05, 0.1) is 12.1 Å². The Balaban J connectivity index is 2.49. The van der Waals surface area contributed by atoms with Crippen molar-refractivity contribution in [1.82, 2.24) is 0 Å². The van der Waals surface area contributed by atoms with Gasteiger partial charge in [-0.1, -0.05) is 22.0 Å². The number of aliphatic hydroxyl groups excluding tert-OH is 1. The van der Waals surface area contributed by atoms with Crippen LogP contribution in [0.1, 0.15) is 17.5 Å². The van der Waals surface area contributed by atoms with Gasteiger partial charge in [-0.15, -0.1) is 0 Å². The molecule has 2 nitrogen and oxygen atoms in total. The van der Waals surface area contributed by atoms with Gasteiger partial charge in [0.25, 0.3) is 0 Å². The Labute approximate surface area is 85.9 Å². The molecular formula is C10H12BrNO. The van der Waals surface area contributed by atoms with Gasteiger partial charge in [-0.3, -0.25) is 0 Å². The van der Waals surface area contributed by atoms with E-state index in [1.807, 2.05) is 12.1 Å². The van der Waals surface area contributed by atoms with Gasteiger partial charge in [0.15, 0.2) is 0 Å². The molecule has 0 amide bonds. The molecule has 0 fully saturated rings. The fourth-order valence-corrected chi connectivity index (χ4v) is 2.32. The van der Waals surface area contributed by atoms with E-state index in [2.05, 4.69) is 22.0 Å². The molecule has 70 valence electrons. The minimum atomic E-state index is -0.504. The molecule has 0 heterocycles. The highest BCUT2D eigenvalue weighted by atomic mass is 79.9. The first-order valence-corrected chi connectivity index (χ1v) is 5.14. The van der Waals surface area contributed by atoms with Gasteiger partial charge >= 0.3 is 0 Å². The summed E-state index contributed by atoms with van der Waals surface area (Å²) >= 11 is 3.42. The maximum atomic E-state index is 9.20. The van der Waals surface area contributed by atoms with Gasteiger partial charge in [-0.25, -0.2) is 0 Å². The maximum Gasteiger partial charge on any atom is 0.0653 e. The Kier molecular flexibility index (Phi) is 2.18. The van der Waals surface area contributed by atoms with Gasteiger partial charge in [0.1, 0.15) is 0 Å². The van der Waals surface area contributed by atoms with Crippen molar-refractivity contribution < 1.29 is 5.11 Å². The summed E-state index contributed by atoms with van der Waals surface area (Å²) in [5.41, 5.74) is 7.90. The third kappa shape index (κ3) is 1.41. The number of aryl methyl sites for hydroxylation is 1. The number of aliphatic hydroxyl groups is 1. The molecule has 0 saturated heterocycles. The van der Waals surface area contributed by atoms with Crippen LogP contribution in [0.2, 0.25) is 0 Å². The Bertz CT molecular complexity index is 340. The highest BCUT2D eigenvalue weighted by molar-refractivity contribution is 9.10. The van der Waals surface area contributed by atoms with E-state index in [9.17, 15) is 5.11 Å². The largest absolute Gasteiger partial charge is 0.394 e. The first-order valence-electron chi connectivity index (χ1n) is 4.34. The SMILES string of the molecule is NC1(CO)CCc2cc(Br)ccc21. The van der Waals surface area contributed by atoms with Crippen LogP contribution in [-0.4, -0.2) is 11.7 Å². The fraction of sp³-hybridized carbons (Fsp3) is 0.400. The quantitative estimate of drug-likeness (QED) is 0.784. The maximum absolute atomic E-state index is 9.20. The molecule has 1 unspecified atom stereocenters. The molecule has 1 aliphatic rings. The number of fused-ring (bicyclic) bond motifs is 1. The smallest absolute Gasteiger partial charge is 0.0653 e. The van der Waals surface area contributed by atoms with E-state index in [1.54, 1.807) is 0 Å². The molecule has 0 spiro atoms. The lowest BCUT2D eigenvalue weighted by molar-refractivity contribution is 0.197. The van der Waals surface area contributed by atoms with Crippen LogP contribution in [0.5, 0.6) is 0 Å². The van der Waals surface area contributed by atoms with Crippen LogP contribution in [-0.2, 0) is 12.0 Å². The number of nitrogens with two attached hydrogens (primary N) is 1. The lowest BCUT2D eigenvalue weighted by atomic mass is 9.94. The average molecular weight is 242 g/mol. The highest BCUT2D eigenvalue weighted by Gasteiger charge is 2.34. The summed E-state index contributed by atoms with van der Waals surface area (Å²) in [6.07, 6.45) is 1.81. The Morgan fingerprint density at radius 2 is 2.31 bits per heavy atom. The molecular weight excluding hydrogens is 230 g/mol. The molecule has 0 bridgehead atoms. The van der Waals surface area contributed by atoms with Gasteiger partial charge in [0, 0.05) is 4.47 Å². The van der Waals surface area contributed by atoms with E-state index in [1.165, 1.54) is 5.56 Å². The van der Waals surface area contributed by atoms with Crippen molar-refractivity contribution in [2.45, 2.75) is 18.4 Å². The summed E-state index contributed by atoms with van der Waals surface area (Å²) in [6.45, 7) is 0.0294. The third-order valence-electron chi connectivity index (χ3n) is 2.73. The van der Waals surface area contributed by atoms with Crippen LogP contribution in [0.4, 0.5) is 0 Å². The molecule has 1 atom stereocenters. The van der Waals surface area contributed by atoms with Crippen LogP contribution in [0, 0.1) is 0 Å². The molecule has 1 aromatic carbocycles. The van der Waals surface area contributed by atoms with Gasteiger partial charge < -0.3 is 10.8 Å². The van der Waals surface area contributed by atoms with Crippen molar-refractivity contribution in [3.8, 4) is 0 Å². The molecule has 0 saturated carbocycles. The van der Waals surface area contributed by atoms with Crippen LogP contribution >= 0.6 is 15.9 Å². The second-order valence-electron chi connectivity index (χ2n) is 3.62. The molecule has 3 N–H and O–H groups in total. The summed E-state index contributed by atoms with van der Waals surface area (Å²) in [5.74, 6) is 0. The Morgan fingerprint density at radius 1 is 1.54 bits per heavy atom. The van der Waals surface area contributed by atoms with Crippen LogP contribution < -0.4 is 5.73 Å². The normalized spacial score (nSPS) is 26.1. The number of hydrogen-bond donors (Lipinski definition) is 2. The van der Waals surface area contributed by atoms with E-state index < -0.39 is 5.54 Å². The zero-order valence-electron chi connectivity index (χ0n) is 7.26. The monoisotopic (exact) mass is 241 g/mol. The van der Waals surface area contributed by atoms with E-state index in [4.69, 9.17) is 5.73 Å². The van der Waals surface area contributed by atoms with Gasteiger partial charge in [0.2, 0.25) is 0 Å². The van der Waals surface area contributed by atoms with Crippen molar-refractivity contribution in [3.05, 3.63) is 33.8 Å². The molecule has 0 radical (unpaired) electrons. The van der Waals surface area contributed by atoms with E-state index in [0.29, 0.717) is 0 Å². The van der Waals surface area contributed by atoms with E-state index in [-0.39, 0.29) is 6.61 Å². The molecule has 3 heteroatoms. The number of rotatable bonds is 1. The second kappa shape index (κ2) is 3.08. The lowest BCUT2D eigenvalue weighted by Crippen LogP contribution is -2.37. The molecule has 1 aliphatic carbocycles. The molecule has 0 aliphatic heterocycles. The van der Waals surface area contributed by atoms with Crippen molar-refractivity contribution >= 4 is 15.9 Å². The van der Waals surface area contributed by atoms with Crippen molar-refractivity contribution in [1.29, 1.82) is 0 Å². The lowest BCUT2D eigenvalue weighted by Gasteiger charge is -2.22. The summed E-state index contributed by atoms with van der Waals surface area (Å²) in [4.78, 5) is 0. The summed E-state index contributed by atoms with van der Waals surface area (Å²) in [5, 5.41) is 9.20. The van der Waals surface area contributed by atoms with Crippen LogP contribution in [0.25, 0.3) is 0 Å². The van der Waals surface area contributed by atoms with Crippen molar-refractivity contribution in [2.75, 3.05) is 6.61 Å². The predicted octanol–water partition coefficient (Wildman–Crippen LogP) is 1.54. The number of hydrogen-bond acceptors (Lipinski definition) is 2. The highest BCUT2D eigenvalue weighted by Crippen LogP contribution is 2.35. The fourth-order valence-electron chi connectivity index (χ4n) is 1.91. The molecule has 2 rings (SSSR count). The number of halogens is 1. The second-order valence-corrected chi connectivity index (χ2v) is 4.53. The standard InChI is InChI=1S/C10H12BrNO/c11-8-1-2-9-7(5-8)3-4-10(9,12)6-13/h1-2,5,13H,3-4,6,12H2. The molecule has 1 aromatic rings. The minimum Gasteiger partial charge on any atom is -0.394 e. The Hall–Kier alpha value is -0.380. The molecule has 13 heavy (non-hydrogen) atoms. The zero-order chi connectivity index (χ0) is 9.47. The zero-order valence-corrected chi connectivity index (χ0v) is 8.84. The van der Waals surface area contributed by atoms with Gasteiger partial charge in [-0.2, -0.15) is 0 Å². The van der Waals surface area contributed by atoms with E-state index >= 15 is 0 Å². The number of benzene rings is 1. The van der Waals surface area contributed by atoms with Crippen LogP contribution in [0.3, 0.4) is 0 Å². The minimum absolute atomic E-state index is 0.0294. The third-order valence-corrected chi connectivity index (χ3v) is 3.22. The van der Waals surface area contributed by atoms with Crippen molar-refractivity contribution in [2.24, 2.45) is 5.73 Å². The predicted molar refractivity (Wildman–Crippen MR) is 55.4 cm³/mol. The van der Waals surface area contributed by atoms with Crippen LogP contribution in [0.15, 0.2) is 22.7 Å². The topological polar surface area (TPSA) is 46.2 Å². The summed E-state index contributed by atoms with van der Waals surface area (Å²) < 4.78 is 1.08. The summed E-state index contributed by atoms with van der Waals surface area (Å²) in [7, 11) is 0. The average Bonchev–Trinajstić information content (AvgIpc) is 2.45.